The van der Waals surface area contributed by atoms with E-state index in [1.165, 1.54) is 4.68 Å². The molecule has 5 nitrogen and oxygen atoms in total. The molecule has 4 rings (SSSR count). The van der Waals surface area contributed by atoms with E-state index in [1.807, 2.05) is 37.3 Å². The molecule has 0 saturated heterocycles. The van der Waals surface area contributed by atoms with Crippen LogP contribution in [0.1, 0.15) is 22.5 Å². The molecule has 0 atom stereocenters. The van der Waals surface area contributed by atoms with E-state index in [0.717, 1.165) is 22.4 Å². The molecule has 5 heteroatoms. The number of carbonyl (C=O) groups is 1. The highest BCUT2D eigenvalue weighted by molar-refractivity contribution is 6.23. The SMILES string of the molecule is Cc1nn2c(c1-c1ccccc1)C(c1ccc(C#N)cc1)=NC2=O. The van der Waals surface area contributed by atoms with Crippen molar-refractivity contribution in [1.29, 1.82) is 5.26 Å². The summed E-state index contributed by atoms with van der Waals surface area (Å²) < 4.78 is 1.35. The zero-order valence-electron chi connectivity index (χ0n) is 12.9. The molecule has 1 aliphatic rings. The van der Waals surface area contributed by atoms with Crippen molar-refractivity contribution in [2.24, 2.45) is 4.99 Å². The summed E-state index contributed by atoms with van der Waals surface area (Å²) in [6.45, 7) is 1.89. The largest absolute Gasteiger partial charge is 0.369 e. The molecular formula is C19H12N4O. The quantitative estimate of drug-likeness (QED) is 0.726. The zero-order chi connectivity index (χ0) is 16.7. The van der Waals surface area contributed by atoms with Gasteiger partial charge >= 0.3 is 6.03 Å². The molecule has 0 bridgehead atoms. The number of carbonyl (C=O) groups excluding carboxylic acids is 1. The van der Waals surface area contributed by atoms with Crippen LogP contribution in [0.25, 0.3) is 11.1 Å². The minimum atomic E-state index is -0.394. The molecule has 0 radical (unpaired) electrons. The Morgan fingerprint density at radius 3 is 2.38 bits per heavy atom. The van der Waals surface area contributed by atoms with Crippen molar-refractivity contribution in [1.82, 2.24) is 9.78 Å². The number of rotatable bonds is 2. The molecule has 0 spiro atoms. The standard InChI is InChI=1S/C19H12N4O/c1-12-16(14-5-3-2-4-6-14)18-17(21-19(24)23(18)22-12)15-9-7-13(11-20)8-10-15/h2-10H,1H3. The summed E-state index contributed by atoms with van der Waals surface area (Å²) in [5, 5.41) is 13.3. The Kier molecular flexibility index (Phi) is 3.10. The number of hydrogen-bond acceptors (Lipinski definition) is 3. The zero-order valence-corrected chi connectivity index (χ0v) is 12.9. The first-order chi connectivity index (χ1) is 11.7. The maximum atomic E-state index is 12.2. The topological polar surface area (TPSA) is 71.0 Å². The van der Waals surface area contributed by atoms with Gasteiger partial charge in [-0.2, -0.15) is 20.0 Å². The molecule has 114 valence electrons. The fourth-order valence-electron chi connectivity index (χ4n) is 2.93. The van der Waals surface area contributed by atoms with E-state index in [0.29, 0.717) is 17.0 Å². The molecule has 0 aliphatic carbocycles. The first-order valence-corrected chi connectivity index (χ1v) is 7.48. The molecule has 0 N–H and O–H groups in total. The van der Waals surface area contributed by atoms with Gasteiger partial charge in [-0.05, 0) is 24.6 Å². The Morgan fingerprint density at radius 1 is 1.00 bits per heavy atom. The van der Waals surface area contributed by atoms with Gasteiger partial charge in [0.2, 0.25) is 0 Å². The molecule has 3 aromatic rings. The fourth-order valence-corrected chi connectivity index (χ4v) is 2.93. The van der Waals surface area contributed by atoms with Crippen LogP contribution in [-0.2, 0) is 0 Å². The van der Waals surface area contributed by atoms with Crippen molar-refractivity contribution in [3.63, 3.8) is 0 Å². The van der Waals surface area contributed by atoms with Gasteiger partial charge in [-0.15, -0.1) is 0 Å². The van der Waals surface area contributed by atoms with Gasteiger partial charge in [-0.1, -0.05) is 42.5 Å². The molecule has 1 aliphatic heterocycles. The molecule has 1 aromatic heterocycles. The molecule has 24 heavy (non-hydrogen) atoms. The second-order valence-electron chi connectivity index (χ2n) is 5.52. The van der Waals surface area contributed by atoms with Gasteiger partial charge in [0.25, 0.3) is 0 Å². The average molecular weight is 312 g/mol. The second-order valence-corrected chi connectivity index (χ2v) is 5.52. The average Bonchev–Trinajstić information content (AvgIpc) is 3.12. The van der Waals surface area contributed by atoms with Crippen LogP contribution < -0.4 is 0 Å². The predicted molar refractivity (Wildman–Crippen MR) is 90.0 cm³/mol. The van der Waals surface area contributed by atoms with Crippen LogP contribution in [0.3, 0.4) is 0 Å². The second kappa shape index (κ2) is 5.28. The number of nitriles is 1. The van der Waals surface area contributed by atoms with Gasteiger partial charge in [0, 0.05) is 11.1 Å². The highest BCUT2D eigenvalue weighted by Gasteiger charge is 2.30. The maximum Gasteiger partial charge on any atom is 0.369 e. The van der Waals surface area contributed by atoms with Crippen LogP contribution in [0.2, 0.25) is 0 Å². The highest BCUT2D eigenvalue weighted by Crippen LogP contribution is 2.32. The van der Waals surface area contributed by atoms with Gasteiger partial charge in [-0.3, -0.25) is 0 Å². The minimum absolute atomic E-state index is 0.394. The van der Waals surface area contributed by atoms with E-state index in [1.54, 1.807) is 24.3 Å². The third kappa shape index (κ3) is 2.05. The number of fused-ring (bicyclic) bond motifs is 1. The maximum absolute atomic E-state index is 12.2. The highest BCUT2D eigenvalue weighted by atomic mass is 16.2. The van der Waals surface area contributed by atoms with Gasteiger partial charge in [-0.25, -0.2) is 4.79 Å². The monoisotopic (exact) mass is 312 g/mol. The lowest BCUT2D eigenvalue weighted by Gasteiger charge is -2.06. The predicted octanol–water partition coefficient (Wildman–Crippen LogP) is 3.55. The molecule has 0 saturated carbocycles. The number of aliphatic imine (C=N–C) groups is 1. The van der Waals surface area contributed by atoms with Gasteiger partial charge in [0.15, 0.2) is 0 Å². The van der Waals surface area contributed by atoms with Crippen LogP contribution in [0.5, 0.6) is 0 Å². The molecule has 1 amide bonds. The Hall–Kier alpha value is -3.52. The van der Waals surface area contributed by atoms with Crippen molar-refractivity contribution in [2.45, 2.75) is 6.92 Å². The van der Waals surface area contributed by atoms with Crippen LogP contribution in [0.4, 0.5) is 4.79 Å². The van der Waals surface area contributed by atoms with E-state index in [2.05, 4.69) is 16.2 Å². The summed E-state index contributed by atoms with van der Waals surface area (Å²) in [7, 11) is 0. The van der Waals surface area contributed by atoms with Crippen LogP contribution in [-0.4, -0.2) is 21.5 Å². The summed E-state index contributed by atoms with van der Waals surface area (Å²) >= 11 is 0. The number of nitrogens with zero attached hydrogens (tertiary/aromatic N) is 4. The Morgan fingerprint density at radius 2 is 1.71 bits per heavy atom. The molecular weight excluding hydrogens is 300 g/mol. The molecule has 0 fully saturated rings. The van der Waals surface area contributed by atoms with E-state index in [9.17, 15) is 4.79 Å². The molecule has 2 aromatic carbocycles. The fraction of sp³-hybridized carbons (Fsp3) is 0.0526. The van der Waals surface area contributed by atoms with Crippen molar-refractivity contribution >= 4 is 11.7 Å². The van der Waals surface area contributed by atoms with Gasteiger partial charge in [0.1, 0.15) is 11.4 Å². The number of aromatic nitrogens is 2. The summed E-state index contributed by atoms with van der Waals surface area (Å²) in [6.07, 6.45) is 0. The number of aryl methyl sites for hydroxylation is 1. The van der Waals surface area contributed by atoms with Crippen molar-refractivity contribution in [3.8, 4) is 17.2 Å². The van der Waals surface area contributed by atoms with Gasteiger partial charge in [0.05, 0.1) is 17.3 Å². The summed E-state index contributed by atoms with van der Waals surface area (Å²) in [6, 6.07) is 18.6. The van der Waals surface area contributed by atoms with E-state index in [4.69, 9.17) is 5.26 Å². The van der Waals surface area contributed by atoms with Crippen molar-refractivity contribution < 1.29 is 4.79 Å². The number of amides is 1. The summed E-state index contributed by atoms with van der Waals surface area (Å²) in [4.78, 5) is 16.4. The molecule has 2 heterocycles. The first-order valence-electron chi connectivity index (χ1n) is 7.48. The number of hydrogen-bond donors (Lipinski definition) is 0. The van der Waals surface area contributed by atoms with Crippen LogP contribution in [0, 0.1) is 18.3 Å². The van der Waals surface area contributed by atoms with E-state index < -0.39 is 6.03 Å². The molecule has 0 unspecified atom stereocenters. The van der Waals surface area contributed by atoms with E-state index in [-0.39, 0.29) is 0 Å². The van der Waals surface area contributed by atoms with Crippen molar-refractivity contribution in [2.75, 3.05) is 0 Å². The number of benzene rings is 2. The summed E-state index contributed by atoms with van der Waals surface area (Å²) in [5.74, 6) is 0. The van der Waals surface area contributed by atoms with Crippen molar-refractivity contribution in [3.05, 3.63) is 77.1 Å². The lowest BCUT2D eigenvalue weighted by Crippen LogP contribution is -2.07. The van der Waals surface area contributed by atoms with Gasteiger partial charge < -0.3 is 0 Å². The third-order valence-electron chi connectivity index (χ3n) is 4.02. The van der Waals surface area contributed by atoms with E-state index >= 15 is 0 Å². The van der Waals surface area contributed by atoms with Crippen LogP contribution >= 0.6 is 0 Å². The minimum Gasteiger partial charge on any atom is -0.244 e. The third-order valence-corrected chi connectivity index (χ3v) is 4.02. The Labute approximate surface area is 138 Å². The first kappa shape index (κ1) is 14.1. The lowest BCUT2D eigenvalue weighted by molar-refractivity contribution is 0.249. The lowest BCUT2D eigenvalue weighted by atomic mass is 9.97. The smallest absolute Gasteiger partial charge is 0.244 e. The normalized spacial score (nSPS) is 12.7. The Bertz CT molecular complexity index is 1020. The Balaban J connectivity index is 1.92. The summed E-state index contributed by atoms with van der Waals surface area (Å²) in [5.41, 5.74) is 5.33. The van der Waals surface area contributed by atoms with Crippen LogP contribution in [0.15, 0.2) is 59.6 Å².